The minimum atomic E-state index is -5.26. The van der Waals surface area contributed by atoms with Crippen LogP contribution >= 0.6 is 0 Å². The maximum Gasteiger partial charge on any atom is 0.296 e. The molecule has 5 aromatic rings. The molecule has 0 spiro atoms. The number of rotatable bonds is 12. The summed E-state index contributed by atoms with van der Waals surface area (Å²) in [5.74, 6) is -2.37. The van der Waals surface area contributed by atoms with Crippen LogP contribution in [0.1, 0.15) is 31.8 Å². The van der Waals surface area contributed by atoms with Crippen molar-refractivity contribution in [3.05, 3.63) is 123 Å². The van der Waals surface area contributed by atoms with Crippen LogP contribution < -0.4 is 22.3 Å². The Morgan fingerprint density at radius 2 is 0.912 bits per heavy atom. The number of carbonyl (C=O) groups is 2. The molecule has 5 aromatic carbocycles. The second-order valence-corrected chi connectivity index (χ2v) is 21.1. The van der Waals surface area contributed by atoms with E-state index in [9.17, 15) is 74.4 Å². The van der Waals surface area contributed by atoms with E-state index in [-0.39, 0.29) is 28.2 Å². The van der Waals surface area contributed by atoms with Gasteiger partial charge in [-0.25, -0.2) is 0 Å². The van der Waals surface area contributed by atoms with Gasteiger partial charge >= 0.3 is 0 Å². The van der Waals surface area contributed by atoms with E-state index in [2.05, 4.69) is 31.3 Å². The first-order valence-electron chi connectivity index (χ1n) is 18.2. The maximum atomic E-state index is 13.8. The second-order valence-electron chi connectivity index (χ2n) is 14.1. The van der Waals surface area contributed by atoms with E-state index in [0.29, 0.717) is 23.3 Å². The van der Waals surface area contributed by atoms with Crippen molar-refractivity contribution in [2.45, 2.75) is 14.7 Å². The van der Waals surface area contributed by atoms with Crippen molar-refractivity contribution in [3.8, 4) is 11.1 Å². The average molecular weight is 1030 g/mol. The van der Waals surface area contributed by atoms with Gasteiger partial charge in [0.1, 0.15) is 20.4 Å². The maximum absolute atomic E-state index is 13.8. The molecule has 0 heterocycles. The molecule has 2 aliphatic rings. The molecule has 0 amide bonds. The highest BCUT2D eigenvalue weighted by atomic mass is 32.2. The van der Waals surface area contributed by atoms with E-state index >= 15 is 0 Å². The number of hydrazone groups is 2. The Balaban J connectivity index is 1.14. The number of nitrogen functional groups attached to an aromatic ring is 2. The molecule has 0 saturated carbocycles. The normalized spacial score (nSPS) is 15.8. The van der Waals surface area contributed by atoms with Crippen LogP contribution in [0.4, 0.5) is 34.1 Å². The number of nitrogens with zero attached hydrogens (tertiary/aromatic N) is 4. The standard InChI is InChI=1S/C38H28N8O17S5/c39-27-17-26(65(52,53)54)13-20-14-29(67(58,59)60)35(37(47)31(20)27)45-42-23-7-3-19(4-8-23)18-1-5-22(6-2-18)41-44-34-28(66(55,56)57)15-21-16-30(68(61,62)63)36(38(48)32(21)33(34)40)46-43-24-9-11-25(12-10-24)64(49,50)51/h1-17,42-43H,39-40H2,(H,49,50,51)(H,52,53,54)(H,55,56,57)(H,58,59,60)(H,61,62,63). The highest BCUT2D eigenvalue weighted by molar-refractivity contribution is 7.91. The molecule has 68 heavy (non-hydrogen) atoms. The lowest BCUT2D eigenvalue weighted by molar-refractivity contribution is 0.105. The van der Waals surface area contributed by atoms with Gasteiger partial charge in [-0.3, -0.25) is 43.2 Å². The number of anilines is 4. The zero-order valence-corrected chi connectivity index (χ0v) is 37.5. The Hall–Kier alpha value is -7.39. The Morgan fingerprint density at radius 1 is 0.471 bits per heavy atom. The summed E-state index contributed by atoms with van der Waals surface area (Å²) in [6, 6.07) is 18.4. The Kier molecular flexibility index (Phi) is 12.4. The molecule has 0 atom stereocenters. The number of Topliss-reactive ketones (excluding diaryl/α,β-unsaturated/α-hetero) is 2. The molecule has 0 unspecified atom stereocenters. The molecule has 0 fully saturated rings. The molecule has 11 N–H and O–H groups in total. The van der Waals surface area contributed by atoms with Crippen molar-refractivity contribution >= 4 is 120 Å². The van der Waals surface area contributed by atoms with Crippen molar-refractivity contribution in [1.82, 2.24) is 0 Å². The molecule has 25 nitrogen and oxygen atoms in total. The summed E-state index contributed by atoms with van der Waals surface area (Å²) in [4.78, 5) is 22.8. The number of nitrogens with one attached hydrogen (secondary N) is 2. The third-order valence-corrected chi connectivity index (χ3v) is 14.0. The van der Waals surface area contributed by atoms with E-state index in [1.807, 2.05) is 0 Å². The number of allylic oxidation sites excluding steroid dienone is 2. The van der Waals surface area contributed by atoms with Crippen molar-refractivity contribution in [2.24, 2.45) is 20.4 Å². The predicted octanol–water partition coefficient (Wildman–Crippen LogP) is 4.46. The first kappa shape index (κ1) is 48.5. The second kappa shape index (κ2) is 17.4. The van der Waals surface area contributed by atoms with Crippen LogP contribution in [0.25, 0.3) is 23.3 Å². The smallest absolute Gasteiger partial charge is 0.296 e. The molecule has 2 aliphatic carbocycles. The lowest BCUT2D eigenvalue weighted by atomic mass is 9.92. The molecule has 0 bridgehead atoms. The Labute approximate surface area is 384 Å². The van der Waals surface area contributed by atoms with Gasteiger partial charge in [-0.05, 0) is 101 Å². The molecular weight excluding hydrogens is 1000 g/mol. The highest BCUT2D eigenvalue weighted by Crippen LogP contribution is 2.41. The third kappa shape index (κ3) is 9.98. The molecule has 352 valence electrons. The van der Waals surface area contributed by atoms with Gasteiger partial charge in [-0.1, -0.05) is 24.3 Å². The van der Waals surface area contributed by atoms with E-state index in [0.717, 1.165) is 42.5 Å². The van der Waals surface area contributed by atoms with Gasteiger partial charge in [-0.2, -0.15) is 57.4 Å². The van der Waals surface area contributed by atoms with E-state index in [4.69, 9.17) is 11.5 Å². The van der Waals surface area contributed by atoms with Crippen LogP contribution in [0.3, 0.4) is 0 Å². The molecule has 7 rings (SSSR count). The number of hydrogen-bond donors (Lipinski definition) is 9. The summed E-state index contributed by atoms with van der Waals surface area (Å²) in [5, 5.41) is 15.5. The molecule has 0 aromatic heterocycles. The van der Waals surface area contributed by atoms with Gasteiger partial charge in [-0.15, -0.1) is 5.11 Å². The summed E-state index contributed by atoms with van der Waals surface area (Å²) in [7, 11) is -25.0. The number of azo groups is 1. The van der Waals surface area contributed by atoms with Crippen LogP contribution in [-0.4, -0.2) is 87.8 Å². The minimum Gasteiger partial charge on any atom is -0.398 e. The summed E-state index contributed by atoms with van der Waals surface area (Å²) in [5.41, 5.74) is 12.9. The molecule has 0 saturated heterocycles. The van der Waals surface area contributed by atoms with Crippen LogP contribution in [0.5, 0.6) is 0 Å². The topological polar surface area (TPSA) is 432 Å². The zero-order valence-electron chi connectivity index (χ0n) is 33.4. The predicted molar refractivity (Wildman–Crippen MR) is 243 cm³/mol. The van der Waals surface area contributed by atoms with Gasteiger partial charge in [0.05, 0.1) is 43.7 Å². The fourth-order valence-corrected chi connectivity index (χ4v) is 9.55. The molecule has 0 radical (unpaired) electrons. The number of carbonyl (C=O) groups excluding carboxylic acids is 2. The van der Waals surface area contributed by atoms with Crippen molar-refractivity contribution in [2.75, 3.05) is 22.3 Å². The summed E-state index contributed by atoms with van der Waals surface area (Å²) in [6.07, 6.45) is 1.42. The van der Waals surface area contributed by atoms with Gasteiger partial charge < -0.3 is 11.5 Å². The van der Waals surface area contributed by atoms with Crippen LogP contribution in [0.2, 0.25) is 0 Å². The average Bonchev–Trinajstić information content (AvgIpc) is 3.23. The first-order valence-corrected chi connectivity index (χ1v) is 25.4. The lowest BCUT2D eigenvalue weighted by Gasteiger charge is -2.20. The molecular formula is C38H28N8O17S5. The van der Waals surface area contributed by atoms with Crippen LogP contribution in [-0.2, 0) is 50.6 Å². The molecule has 30 heteroatoms. The van der Waals surface area contributed by atoms with Gasteiger partial charge in [0.15, 0.2) is 11.4 Å². The fraction of sp³-hybridized carbons (Fsp3) is 0. The van der Waals surface area contributed by atoms with E-state index < -0.39 is 126 Å². The van der Waals surface area contributed by atoms with Crippen molar-refractivity contribution in [1.29, 1.82) is 0 Å². The largest absolute Gasteiger partial charge is 0.398 e. The van der Waals surface area contributed by atoms with Crippen LogP contribution in [0.15, 0.2) is 136 Å². The zero-order chi connectivity index (χ0) is 49.9. The summed E-state index contributed by atoms with van der Waals surface area (Å²) < 4.78 is 169. The first-order chi connectivity index (χ1) is 31.5. The fourth-order valence-electron chi connectivity index (χ4n) is 6.53. The van der Waals surface area contributed by atoms with Gasteiger partial charge in [0, 0.05) is 5.69 Å². The van der Waals surface area contributed by atoms with Crippen LogP contribution in [0, 0.1) is 0 Å². The number of hydrogen-bond acceptors (Lipinski definition) is 20. The van der Waals surface area contributed by atoms with E-state index in [1.54, 1.807) is 24.3 Å². The highest BCUT2D eigenvalue weighted by Gasteiger charge is 2.38. The molecule has 0 aliphatic heterocycles. The van der Waals surface area contributed by atoms with Gasteiger partial charge in [0.25, 0.3) is 50.6 Å². The van der Waals surface area contributed by atoms with Gasteiger partial charge in [0.2, 0.25) is 11.6 Å². The van der Waals surface area contributed by atoms with Crippen molar-refractivity contribution in [3.63, 3.8) is 0 Å². The summed E-state index contributed by atoms with van der Waals surface area (Å²) in [6.45, 7) is 0. The lowest BCUT2D eigenvalue weighted by Crippen LogP contribution is -2.28. The Bertz CT molecular complexity index is 3780. The van der Waals surface area contributed by atoms with Crippen molar-refractivity contribution < 1.29 is 74.4 Å². The minimum absolute atomic E-state index is 0.0252. The number of benzene rings is 5. The third-order valence-electron chi connectivity index (χ3n) is 9.66. The van der Waals surface area contributed by atoms with E-state index in [1.165, 1.54) is 24.3 Å². The SMILES string of the molecule is Nc1cc(S(=O)(=O)O)cc2c1C(=O)C(=NNc1ccc(-c3ccc(N=Nc4c(S(=O)(=O)O)cc5c(c4N)C(=O)C(=NNc4ccc(S(=O)(=O)O)cc4)C(S(=O)(=O)O)=C5)cc3)cc1)C(S(=O)(=O)O)=C2. The number of fused-ring (bicyclic) bond motifs is 2. The quantitative estimate of drug-likeness (QED) is 0.0360. The number of ketones is 2. The number of nitrogens with two attached hydrogens (primary N) is 2. The monoisotopic (exact) mass is 1030 g/mol. The Morgan fingerprint density at radius 3 is 1.37 bits per heavy atom. The summed E-state index contributed by atoms with van der Waals surface area (Å²) >= 11 is 0.